The van der Waals surface area contributed by atoms with Crippen molar-refractivity contribution >= 4 is 11.0 Å². The smallest absolute Gasteiger partial charge is 0.229 e. The van der Waals surface area contributed by atoms with E-state index in [1.54, 1.807) is 24.3 Å². The normalized spacial score (nSPS) is 25.1. The second-order valence-corrected chi connectivity index (χ2v) is 7.47. The SMILES string of the molecule is COc1cc(O[C@@H]2O[C@H](CO)[C@@H](O)[C@@H](O)[C@H]2O)c2c(=O)cc(-c3ccccc3)oc2c1OC. The van der Waals surface area contributed by atoms with E-state index in [1.165, 1.54) is 26.4 Å². The molecule has 0 saturated carbocycles. The lowest BCUT2D eigenvalue weighted by Crippen LogP contribution is -2.60. The summed E-state index contributed by atoms with van der Waals surface area (Å²) in [6, 6.07) is 11.7. The van der Waals surface area contributed by atoms with Crippen molar-refractivity contribution in [1.29, 1.82) is 0 Å². The standard InChI is InChI=1S/C23H24O10/c1-29-15-9-14(32-23-20(28)19(27)18(26)16(10-24)33-23)17-12(25)8-13(11-6-4-3-5-7-11)31-22(17)21(15)30-2/h3-9,16,18-20,23-24,26-28H,10H2,1-2H3/t16-,18-,19-,20-,23-/m1/s1. The van der Waals surface area contributed by atoms with Gasteiger partial charge < -0.3 is 43.8 Å². The van der Waals surface area contributed by atoms with Crippen LogP contribution in [0.1, 0.15) is 0 Å². The van der Waals surface area contributed by atoms with E-state index in [1.807, 2.05) is 6.07 Å². The molecule has 1 fully saturated rings. The molecule has 3 aromatic rings. The van der Waals surface area contributed by atoms with E-state index < -0.39 is 42.7 Å². The molecule has 4 N–H and O–H groups in total. The summed E-state index contributed by atoms with van der Waals surface area (Å²) < 4.78 is 28.0. The van der Waals surface area contributed by atoms with E-state index in [2.05, 4.69) is 0 Å². The fraction of sp³-hybridized carbons (Fsp3) is 0.348. The maximum Gasteiger partial charge on any atom is 0.229 e. The number of aliphatic hydroxyl groups is 4. The Morgan fingerprint density at radius 3 is 2.30 bits per heavy atom. The van der Waals surface area contributed by atoms with Crippen LogP contribution in [-0.2, 0) is 4.74 Å². The van der Waals surface area contributed by atoms with E-state index in [-0.39, 0.29) is 28.2 Å². The van der Waals surface area contributed by atoms with Gasteiger partial charge in [-0.2, -0.15) is 0 Å². The predicted octanol–water partition coefficient (Wildman–Crippen LogP) is 0.656. The third kappa shape index (κ3) is 4.14. The first-order valence-electron chi connectivity index (χ1n) is 10.1. The number of hydrogen-bond acceptors (Lipinski definition) is 10. The van der Waals surface area contributed by atoms with Gasteiger partial charge >= 0.3 is 0 Å². The van der Waals surface area contributed by atoms with E-state index >= 15 is 0 Å². The van der Waals surface area contributed by atoms with Crippen LogP contribution in [0.2, 0.25) is 0 Å². The molecule has 0 amide bonds. The first kappa shape index (κ1) is 23.0. The van der Waals surface area contributed by atoms with Gasteiger partial charge in [0.1, 0.15) is 41.3 Å². The van der Waals surface area contributed by atoms with Crippen molar-refractivity contribution < 1.29 is 43.8 Å². The maximum absolute atomic E-state index is 13.2. The number of rotatable bonds is 6. The zero-order chi connectivity index (χ0) is 23.7. The van der Waals surface area contributed by atoms with Crippen molar-refractivity contribution in [2.75, 3.05) is 20.8 Å². The number of aliphatic hydroxyl groups excluding tert-OH is 4. The largest absolute Gasteiger partial charge is 0.493 e. The van der Waals surface area contributed by atoms with Gasteiger partial charge in [-0.25, -0.2) is 0 Å². The number of fused-ring (bicyclic) bond motifs is 1. The summed E-state index contributed by atoms with van der Waals surface area (Å²) in [5, 5.41) is 39.8. The Balaban J connectivity index is 1.86. The topological polar surface area (TPSA) is 148 Å². The lowest BCUT2D eigenvalue weighted by atomic mass is 9.99. The molecule has 10 heteroatoms. The Bertz CT molecular complexity index is 1170. The lowest BCUT2D eigenvalue weighted by Gasteiger charge is -2.39. The molecule has 10 nitrogen and oxygen atoms in total. The molecule has 0 radical (unpaired) electrons. The molecule has 1 aliphatic heterocycles. The fourth-order valence-corrected chi connectivity index (χ4v) is 3.73. The van der Waals surface area contributed by atoms with Crippen molar-refractivity contribution in [2.24, 2.45) is 0 Å². The van der Waals surface area contributed by atoms with Crippen LogP contribution >= 0.6 is 0 Å². The highest BCUT2D eigenvalue weighted by Gasteiger charge is 2.45. The molecular formula is C23H24O10. The maximum atomic E-state index is 13.2. The van der Waals surface area contributed by atoms with E-state index in [9.17, 15) is 25.2 Å². The van der Waals surface area contributed by atoms with Crippen LogP contribution in [0.3, 0.4) is 0 Å². The number of ether oxygens (including phenoxy) is 4. The minimum atomic E-state index is -1.67. The molecule has 33 heavy (non-hydrogen) atoms. The number of benzene rings is 2. The first-order chi connectivity index (χ1) is 15.9. The van der Waals surface area contributed by atoms with Crippen LogP contribution in [0.4, 0.5) is 0 Å². The molecule has 176 valence electrons. The van der Waals surface area contributed by atoms with Crippen molar-refractivity contribution in [3.63, 3.8) is 0 Å². The highest BCUT2D eigenvalue weighted by molar-refractivity contribution is 5.92. The second kappa shape index (κ2) is 9.38. The highest BCUT2D eigenvalue weighted by atomic mass is 16.7. The average Bonchev–Trinajstić information content (AvgIpc) is 2.84. The van der Waals surface area contributed by atoms with Crippen molar-refractivity contribution in [3.8, 4) is 28.6 Å². The van der Waals surface area contributed by atoms with Gasteiger partial charge in [-0.05, 0) is 0 Å². The molecule has 0 bridgehead atoms. The van der Waals surface area contributed by atoms with Crippen LogP contribution in [0.25, 0.3) is 22.3 Å². The molecule has 1 aliphatic rings. The summed E-state index contributed by atoms with van der Waals surface area (Å²) in [4.78, 5) is 13.2. The monoisotopic (exact) mass is 460 g/mol. The Hall–Kier alpha value is -3.15. The molecule has 5 atom stereocenters. The van der Waals surface area contributed by atoms with Crippen LogP contribution < -0.4 is 19.6 Å². The number of hydrogen-bond donors (Lipinski definition) is 4. The van der Waals surface area contributed by atoms with Gasteiger partial charge in [0.2, 0.25) is 12.0 Å². The molecule has 2 aromatic carbocycles. The number of methoxy groups -OCH3 is 2. The van der Waals surface area contributed by atoms with E-state index in [0.717, 1.165) is 0 Å². The van der Waals surface area contributed by atoms with E-state index in [4.69, 9.17) is 23.4 Å². The van der Waals surface area contributed by atoms with Crippen LogP contribution in [0, 0.1) is 0 Å². The Labute approximate surface area is 188 Å². The fourth-order valence-electron chi connectivity index (χ4n) is 3.73. The van der Waals surface area contributed by atoms with Crippen LogP contribution in [-0.4, -0.2) is 72.0 Å². The lowest BCUT2D eigenvalue weighted by molar-refractivity contribution is -0.277. The zero-order valence-electron chi connectivity index (χ0n) is 17.9. The van der Waals surface area contributed by atoms with Crippen molar-refractivity contribution in [1.82, 2.24) is 0 Å². The Morgan fingerprint density at radius 1 is 0.939 bits per heavy atom. The molecule has 1 aromatic heterocycles. The van der Waals surface area contributed by atoms with Crippen LogP contribution in [0.5, 0.6) is 17.2 Å². The molecule has 0 spiro atoms. The van der Waals surface area contributed by atoms with Gasteiger partial charge in [-0.1, -0.05) is 30.3 Å². The minimum Gasteiger partial charge on any atom is -0.493 e. The zero-order valence-corrected chi connectivity index (χ0v) is 17.9. The summed E-state index contributed by atoms with van der Waals surface area (Å²) >= 11 is 0. The second-order valence-electron chi connectivity index (χ2n) is 7.47. The summed E-state index contributed by atoms with van der Waals surface area (Å²) in [6.07, 6.45) is -7.54. The summed E-state index contributed by atoms with van der Waals surface area (Å²) in [5.74, 6) is 0.556. The van der Waals surface area contributed by atoms with Crippen molar-refractivity contribution in [3.05, 3.63) is 52.7 Å². The molecule has 0 unspecified atom stereocenters. The summed E-state index contributed by atoms with van der Waals surface area (Å²) in [5.41, 5.74) is 0.246. The van der Waals surface area contributed by atoms with Gasteiger partial charge in [-0.15, -0.1) is 0 Å². The third-order valence-electron chi connectivity index (χ3n) is 5.46. The van der Waals surface area contributed by atoms with Crippen LogP contribution in [0.15, 0.2) is 51.7 Å². The molecule has 0 aliphatic carbocycles. The predicted molar refractivity (Wildman–Crippen MR) is 115 cm³/mol. The van der Waals surface area contributed by atoms with Gasteiger partial charge in [0.25, 0.3) is 0 Å². The van der Waals surface area contributed by atoms with Crippen molar-refractivity contribution in [2.45, 2.75) is 30.7 Å². The third-order valence-corrected chi connectivity index (χ3v) is 5.46. The average molecular weight is 460 g/mol. The van der Waals surface area contributed by atoms with Gasteiger partial charge in [0.05, 0.1) is 20.8 Å². The van der Waals surface area contributed by atoms with Gasteiger partial charge in [0, 0.05) is 17.7 Å². The quantitative estimate of drug-likeness (QED) is 0.413. The first-order valence-corrected chi connectivity index (χ1v) is 10.1. The Kier molecular flexibility index (Phi) is 6.54. The molecule has 2 heterocycles. The molecular weight excluding hydrogens is 436 g/mol. The Morgan fingerprint density at radius 2 is 1.67 bits per heavy atom. The summed E-state index contributed by atoms with van der Waals surface area (Å²) in [7, 11) is 2.78. The van der Waals surface area contributed by atoms with Gasteiger partial charge in [-0.3, -0.25) is 4.79 Å². The summed E-state index contributed by atoms with van der Waals surface area (Å²) in [6.45, 7) is -0.625. The minimum absolute atomic E-state index is 0.00992. The molecule has 4 rings (SSSR count). The van der Waals surface area contributed by atoms with Gasteiger partial charge in [0.15, 0.2) is 16.8 Å². The van der Waals surface area contributed by atoms with E-state index in [0.29, 0.717) is 11.3 Å². The molecule has 1 saturated heterocycles. The highest BCUT2D eigenvalue weighted by Crippen LogP contribution is 2.42.